The number of hydrogen-bond acceptors (Lipinski definition) is 5. The largest absolute Gasteiger partial charge is 0.383 e. The minimum Gasteiger partial charge on any atom is -0.383 e. The monoisotopic (exact) mass is 260 g/mol. The number of benzene rings is 1. The number of nitrogens with two attached hydrogens (primary N) is 1. The number of nitrogens with one attached hydrogen (secondary N) is 1. The second-order valence-corrected chi connectivity index (χ2v) is 4.72. The van der Waals surface area contributed by atoms with Crippen molar-refractivity contribution in [2.45, 2.75) is 18.6 Å². The fourth-order valence-corrected chi connectivity index (χ4v) is 2.01. The average molecular weight is 260 g/mol. The number of anilines is 2. The van der Waals surface area contributed by atoms with Crippen molar-refractivity contribution in [3.63, 3.8) is 0 Å². The Kier molecular flexibility index (Phi) is 4.04. The van der Waals surface area contributed by atoms with Crippen LogP contribution in [0.5, 0.6) is 0 Å². The SMILES string of the molecule is CSc1nc(N)cc(NCc2ccccc2C)n1. The van der Waals surface area contributed by atoms with E-state index in [0.29, 0.717) is 11.0 Å². The maximum absolute atomic E-state index is 5.73. The van der Waals surface area contributed by atoms with Crippen molar-refractivity contribution in [2.75, 3.05) is 17.3 Å². The molecule has 94 valence electrons. The van der Waals surface area contributed by atoms with Gasteiger partial charge in [0.1, 0.15) is 11.6 Å². The molecule has 2 aromatic rings. The van der Waals surface area contributed by atoms with Gasteiger partial charge in [-0.05, 0) is 24.3 Å². The zero-order valence-electron chi connectivity index (χ0n) is 10.5. The van der Waals surface area contributed by atoms with E-state index < -0.39 is 0 Å². The Hall–Kier alpha value is -1.75. The smallest absolute Gasteiger partial charge is 0.191 e. The predicted molar refractivity (Wildman–Crippen MR) is 76.7 cm³/mol. The lowest BCUT2D eigenvalue weighted by atomic mass is 10.1. The van der Waals surface area contributed by atoms with Crippen molar-refractivity contribution in [3.8, 4) is 0 Å². The van der Waals surface area contributed by atoms with E-state index in [2.05, 4.69) is 34.3 Å². The van der Waals surface area contributed by atoms with Crippen LogP contribution in [0.15, 0.2) is 35.5 Å². The molecular weight excluding hydrogens is 244 g/mol. The van der Waals surface area contributed by atoms with E-state index >= 15 is 0 Å². The number of nitrogens with zero attached hydrogens (tertiary/aromatic N) is 2. The summed E-state index contributed by atoms with van der Waals surface area (Å²) in [5, 5.41) is 3.96. The van der Waals surface area contributed by atoms with Crippen LogP contribution >= 0.6 is 11.8 Å². The van der Waals surface area contributed by atoms with Crippen LogP contribution in [0, 0.1) is 6.92 Å². The lowest BCUT2D eigenvalue weighted by molar-refractivity contribution is 0.962. The van der Waals surface area contributed by atoms with E-state index in [1.807, 2.05) is 18.4 Å². The van der Waals surface area contributed by atoms with Gasteiger partial charge in [-0.25, -0.2) is 9.97 Å². The molecule has 0 aliphatic rings. The number of thioether (sulfide) groups is 1. The Morgan fingerprint density at radius 2 is 2.06 bits per heavy atom. The van der Waals surface area contributed by atoms with Gasteiger partial charge in [-0.1, -0.05) is 36.0 Å². The molecule has 0 aliphatic carbocycles. The van der Waals surface area contributed by atoms with Crippen LogP contribution in [-0.2, 0) is 6.54 Å². The number of hydrogen-bond donors (Lipinski definition) is 2. The van der Waals surface area contributed by atoms with Crippen LogP contribution < -0.4 is 11.1 Å². The van der Waals surface area contributed by atoms with Crippen LogP contribution in [-0.4, -0.2) is 16.2 Å². The van der Waals surface area contributed by atoms with Crippen molar-refractivity contribution in [2.24, 2.45) is 0 Å². The highest BCUT2D eigenvalue weighted by Crippen LogP contribution is 2.16. The Labute approximate surface area is 111 Å². The molecule has 0 unspecified atom stereocenters. The van der Waals surface area contributed by atoms with E-state index in [0.717, 1.165) is 12.4 Å². The van der Waals surface area contributed by atoms with Gasteiger partial charge in [-0.2, -0.15) is 0 Å². The first kappa shape index (κ1) is 12.7. The summed E-state index contributed by atoms with van der Waals surface area (Å²) in [7, 11) is 0. The summed E-state index contributed by atoms with van der Waals surface area (Å²) in [5.74, 6) is 1.25. The molecular formula is C13H16N4S. The van der Waals surface area contributed by atoms with Crippen molar-refractivity contribution < 1.29 is 0 Å². The maximum atomic E-state index is 5.73. The highest BCUT2D eigenvalue weighted by atomic mass is 32.2. The molecule has 1 aromatic carbocycles. The molecule has 0 atom stereocenters. The van der Waals surface area contributed by atoms with Crippen molar-refractivity contribution >= 4 is 23.4 Å². The lowest BCUT2D eigenvalue weighted by Crippen LogP contribution is -2.05. The highest BCUT2D eigenvalue weighted by Gasteiger charge is 2.02. The molecule has 0 aliphatic heterocycles. The van der Waals surface area contributed by atoms with Gasteiger partial charge in [-0.3, -0.25) is 0 Å². The number of aromatic nitrogens is 2. The summed E-state index contributed by atoms with van der Waals surface area (Å²) in [5.41, 5.74) is 8.24. The summed E-state index contributed by atoms with van der Waals surface area (Å²) in [4.78, 5) is 8.47. The Bertz CT molecular complexity index is 542. The van der Waals surface area contributed by atoms with Crippen LogP contribution in [0.3, 0.4) is 0 Å². The zero-order chi connectivity index (χ0) is 13.0. The van der Waals surface area contributed by atoms with E-state index in [4.69, 9.17) is 5.73 Å². The molecule has 0 amide bonds. The zero-order valence-corrected chi connectivity index (χ0v) is 11.3. The van der Waals surface area contributed by atoms with Crippen molar-refractivity contribution in [1.29, 1.82) is 0 Å². The Morgan fingerprint density at radius 1 is 1.28 bits per heavy atom. The van der Waals surface area contributed by atoms with Gasteiger partial charge in [0, 0.05) is 12.6 Å². The first-order valence-electron chi connectivity index (χ1n) is 5.66. The van der Waals surface area contributed by atoms with Crippen LogP contribution in [0.4, 0.5) is 11.6 Å². The normalized spacial score (nSPS) is 10.3. The quantitative estimate of drug-likeness (QED) is 0.653. The van der Waals surface area contributed by atoms with E-state index in [-0.39, 0.29) is 0 Å². The third kappa shape index (κ3) is 3.13. The average Bonchev–Trinajstić information content (AvgIpc) is 2.37. The molecule has 5 heteroatoms. The Balaban J connectivity index is 2.11. The maximum Gasteiger partial charge on any atom is 0.191 e. The minimum absolute atomic E-state index is 0.488. The van der Waals surface area contributed by atoms with Crippen LogP contribution in [0.25, 0.3) is 0 Å². The molecule has 4 nitrogen and oxygen atoms in total. The molecule has 1 heterocycles. The number of nitrogen functional groups attached to an aromatic ring is 1. The predicted octanol–water partition coefficient (Wildman–Crippen LogP) is 2.70. The van der Waals surface area contributed by atoms with Gasteiger partial charge < -0.3 is 11.1 Å². The van der Waals surface area contributed by atoms with Gasteiger partial charge >= 0.3 is 0 Å². The molecule has 0 bridgehead atoms. The highest BCUT2D eigenvalue weighted by molar-refractivity contribution is 7.98. The van der Waals surface area contributed by atoms with Crippen molar-refractivity contribution in [1.82, 2.24) is 9.97 Å². The molecule has 3 N–H and O–H groups in total. The van der Waals surface area contributed by atoms with Gasteiger partial charge in [0.15, 0.2) is 5.16 Å². The fraction of sp³-hybridized carbons (Fsp3) is 0.231. The minimum atomic E-state index is 0.488. The van der Waals surface area contributed by atoms with Gasteiger partial charge in [0.2, 0.25) is 0 Å². The third-order valence-electron chi connectivity index (χ3n) is 2.63. The topological polar surface area (TPSA) is 63.8 Å². The first-order chi connectivity index (χ1) is 8.69. The molecule has 0 spiro atoms. The number of aryl methyl sites for hydroxylation is 1. The third-order valence-corrected chi connectivity index (χ3v) is 3.18. The summed E-state index contributed by atoms with van der Waals surface area (Å²) in [6.07, 6.45) is 1.93. The van der Waals surface area contributed by atoms with Crippen LogP contribution in [0.1, 0.15) is 11.1 Å². The van der Waals surface area contributed by atoms with E-state index in [9.17, 15) is 0 Å². The van der Waals surface area contributed by atoms with Crippen molar-refractivity contribution in [3.05, 3.63) is 41.5 Å². The molecule has 2 rings (SSSR count). The summed E-state index contributed by atoms with van der Waals surface area (Å²) in [6.45, 7) is 2.83. The molecule has 0 radical (unpaired) electrons. The summed E-state index contributed by atoms with van der Waals surface area (Å²) < 4.78 is 0. The van der Waals surface area contributed by atoms with Gasteiger partial charge in [0.05, 0.1) is 0 Å². The van der Waals surface area contributed by atoms with Gasteiger partial charge in [0.25, 0.3) is 0 Å². The summed E-state index contributed by atoms with van der Waals surface area (Å²) >= 11 is 1.48. The second-order valence-electron chi connectivity index (χ2n) is 3.94. The molecule has 0 saturated carbocycles. The second kappa shape index (κ2) is 5.73. The fourth-order valence-electron chi connectivity index (χ4n) is 1.62. The van der Waals surface area contributed by atoms with E-state index in [1.165, 1.54) is 22.9 Å². The standard InChI is InChI=1S/C13H16N4S/c1-9-5-3-4-6-10(9)8-15-12-7-11(14)16-13(17-12)18-2/h3-7H,8H2,1-2H3,(H3,14,15,16,17). The number of rotatable bonds is 4. The molecule has 18 heavy (non-hydrogen) atoms. The Morgan fingerprint density at radius 3 is 2.78 bits per heavy atom. The lowest BCUT2D eigenvalue weighted by Gasteiger charge is -2.09. The summed E-state index contributed by atoms with van der Waals surface area (Å²) in [6, 6.07) is 10.0. The van der Waals surface area contributed by atoms with E-state index in [1.54, 1.807) is 6.07 Å². The van der Waals surface area contributed by atoms with Gasteiger partial charge in [-0.15, -0.1) is 0 Å². The molecule has 0 saturated heterocycles. The first-order valence-corrected chi connectivity index (χ1v) is 6.88. The molecule has 1 aromatic heterocycles. The molecule has 0 fully saturated rings. The van der Waals surface area contributed by atoms with Crippen LogP contribution in [0.2, 0.25) is 0 Å².